The van der Waals surface area contributed by atoms with Gasteiger partial charge in [-0.2, -0.15) is 0 Å². The number of halogens is 1. The molecule has 7 heteroatoms. The standard InChI is InChI=1S/C17H18FN3O3/c1-23-10-11-24-17(20-12-15-4-2-3-9-19-15)21-16(22)13-5-7-14(18)8-6-13/h2-9H,10-12H2,1H3,(H,20,21,22). The van der Waals surface area contributed by atoms with E-state index in [1.165, 1.54) is 24.3 Å². The lowest BCUT2D eigenvalue weighted by Gasteiger charge is -2.10. The highest BCUT2D eigenvalue weighted by Crippen LogP contribution is 2.03. The number of amidine groups is 1. The number of rotatable bonds is 6. The maximum absolute atomic E-state index is 12.9. The topological polar surface area (TPSA) is 72.8 Å². The number of carbonyl (C=O) groups excluding carboxylic acids is 1. The van der Waals surface area contributed by atoms with Gasteiger partial charge in [0.15, 0.2) is 0 Å². The van der Waals surface area contributed by atoms with Gasteiger partial charge in [-0.15, -0.1) is 0 Å². The first kappa shape index (κ1) is 17.6. The number of aromatic nitrogens is 1. The summed E-state index contributed by atoms with van der Waals surface area (Å²) >= 11 is 0. The Labute approximate surface area is 139 Å². The zero-order chi connectivity index (χ0) is 17.2. The Bertz CT molecular complexity index is 675. The molecule has 24 heavy (non-hydrogen) atoms. The van der Waals surface area contributed by atoms with Gasteiger partial charge in [0, 0.05) is 18.9 Å². The van der Waals surface area contributed by atoms with E-state index in [-0.39, 0.29) is 19.2 Å². The summed E-state index contributed by atoms with van der Waals surface area (Å²) in [5, 5.41) is 2.56. The van der Waals surface area contributed by atoms with Gasteiger partial charge >= 0.3 is 0 Å². The largest absolute Gasteiger partial charge is 0.463 e. The van der Waals surface area contributed by atoms with Crippen LogP contribution in [0.15, 0.2) is 53.7 Å². The SMILES string of the molecule is COCCOC(=NCc1ccccn1)NC(=O)c1ccc(F)cc1. The third-order valence-corrected chi connectivity index (χ3v) is 2.96. The molecule has 0 fully saturated rings. The molecule has 0 saturated carbocycles. The van der Waals surface area contributed by atoms with Gasteiger partial charge in [0.25, 0.3) is 11.9 Å². The van der Waals surface area contributed by atoms with Crippen LogP contribution in [0.5, 0.6) is 0 Å². The van der Waals surface area contributed by atoms with Gasteiger partial charge in [-0.1, -0.05) is 6.07 Å². The summed E-state index contributed by atoms with van der Waals surface area (Å²) in [4.78, 5) is 20.5. The van der Waals surface area contributed by atoms with Crippen LogP contribution in [0, 0.1) is 5.82 Å². The smallest absolute Gasteiger partial charge is 0.292 e. The molecule has 1 heterocycles. The molecule has 1 amide bonds. The van der Waals surface area contributed by atoms with Gasteiger partial charge < -0.3 is 9.47 Å². The lowest BCUT2D eigenvalue weighted by molar-refractivity contribution is 0.0953. The minimum absolute atomic E-state index is 0.0621. The lowest BCUT2D eigenvalue weighted by atomic mass is 10.2. The van der Waals surface area contributed by atoms with Crippen LogP contribution < -0.4 is 5.32 Å². The van der Waals surface area contributed by atoms with E-state index < -0.39 is 11.7 Å². The zero-order valence-electron chi connectivity index (χ0n) is 13.2. The summed E-state index contributed by atoms with van der Waals surface area (Å²) in [6.45, 7) is 0.850. The molecular formula is C17H18FN3O3. The molecule has 0 unspecified atom stereocenters. The second-order valence-electron chi connectivity index (χ2n) is 4.74. The number of carbonyl (C=O) groups is 1. The number of pyridine rings is 1. The zero-order valence-corrected chi connectivity index (χ0v) is 13.2. The van der Waals surface area contributed by atoms with Crippen molar-refractivity contribution >= 4 is 11.9 Å². The number of benzene rings is 1. The molecule has 6 nitrogen and oxygen atoms in total. The molecule has 1 aromatic heterocycles. The van der Waals surface area contributed by atoms with Crippen molar-refractivity contribution in [1.82, 2.24) is 10.3 Å². The van der Waals surface area contributed by atoms with Crippen LogP contribution in [0.4, 0.5) is 4.39 Å². The van der Waals surface area contributed by atoms with Gasteiger partial charge in [-0.3, -0.25) is 15.1 Å². The van der Waals surface area contributed by atoms with Crippen LogP contribution in [0.25, 0.3) is 0 Å². The van der Waals surface area contributed by atoms with E-state index in [0.29, 0.717) is 12.2 Å². The van der Waals surface area contributed by atoms with Crippen molar-refractivity contribution in [2.75, 3.05) is 20.3 Å². The average Bonchev–Trinajstić information content (AvgIpc) is 2.61. The Morgan fingerprint density at radius 1 is 1.21 bits per heavy atom. The van der Waals surface area contributed by atoms with Crippen molar-refractivity contribution < 1.29 is 18.7 Å². The average molecular weight is 331 g/mol. The molecule has 0 atom stereocenters. The number of nitrogens with one attached hydrogen (secondary N) is 1. The van der Waals surface area contributed by atoms with Crippen molar-refractivity contribution in [1.29, 1.82) is 0 Å². The number of hydrogen-bond donors (Lipinski definition) is 1. The van der Waals surface area contributed by atoms with Crippen LogP contribution in [-0.4, -0.2) is 37.2 Å². The second-order valence-corrected chi connectivity index (χ2v) is 4.74. The van der Waals surface area contributed by atoms with E-state index >= 15 is 0 Å². The number of aliphatic imine (C=N–C) groups is 1. The third kappa shape index (κ3) is 5.77. The first-order valence-electron chi connectivity index (χ1n) is 7.32. The van der Waals surface area contributed by atoms with E-state index in [9.17, 15) is 9.18 Å². The van der Waals surface area contributed by atoms with E-state index in [1.54, 1.807) is 19.4 Å². The molecular weight excluding hydrogens is 313 g/mol. The number of methoxy groups -OCH3 is 1. The maximum Gasteiger partial charge on any atom is 0.292 e. The van der Waals surface area contributed by atoms with Crippen molar-refractivity contribution in [3.63, 3.8) is 0 Å². The molecule has 0 radical (unpaired) electrons. The Hall–Kier alpha value is -2.80. The van der Waals surface area contributed by atoms with E-state index in [2.05, 4.69) is 15.3 Å². The molecule has 126 valence electrons. The number of ether oxygens (including phenoxy) is 2. The van der Waals surface area contributed by atoms with Gasteiger partial charge in [0.2, 0.25) is 0 Å². The van der Waals surface area contributed by atoms with Crippen molar-refractivity contribution in [3.8, 4) is 0 Å². The molecule has 0 aliphatic carbocycles. The predicted molar refractivity (Wildman–Crippen MR) is 87.1 cm³/mol. The summed E-state index contributed by atoms with van der Waals surface area (Å²) in [6.07, 6.45) is 1.66. The summed E-state index contributed by atoms with van der Waals surface area (Å²) in [5.41, 5.74) is 1.04. The molecule has 1 aromatic carbocycles. The lowest BCUT2D eigenvalue weighted by Crippen LogP contribution is -2.33. The molecule has 0 aliphatic heterocycles. The highest BCUT2D eigenvalue weighted by atomic mass is 19.1. The maximum atomic E-state index is 12.9. The van der Waals surface area contributed by atoms with Crippen LogP contribution in [0.1, 0.15) is 16.1 Å². The predicted octanol–water partition coefficient (Wildman–Crippen LogP) is 2.17. The summed E-state index contributed by atoms with van der Waals surface area (Å²) in [7, 11) is 1.55. The van der Waals surface area contributed by atoms with Crippen LogP contribution in [0.2, 0.25) is 0 Å². The van der Waals surface area contributed by atoms with Gasteiger partial charge in [-0.05, 0) is 36.4 Å². The quantitative estimate of drug-likeness (QED) is 0.500. The monoisotopic (exact) mass is 331 g/mol. The van der Waals surface area contributed by atoms with Crippen LogP contribution in [-0.2, 0) is 16.0 Å². The molecule has 0 bridgehead atoms. The van der Waals surface area contributed by atoms with E-state index in [4.69, 9.17) is 9.47 Å². The van der Waals surface area contributed by atoms with Crippen molar-refractivity contribution in [3.05, 3.63) is 65.7 Å². The first-order chi connectivity index (χ1) is 11.7. The summed E-state index contributed by atoms with van der Waals surface area (Å²) in [6, 6.07) is 10.7. The van der Waals surface area contributed by atoms with Crippen molar-refractivity contribution in [2.24, 2.45) is 4.99 Å². The number of amides is 1. The fraction of sp³-hybridized carbons (Fsp3) is 0.235. The molecule has 0 aliphatic rings. The number of hydrogen-bond acceptors (Lipinski definition) is 5. The molecule has 0 saturated heterocycles. The van der Waals surface area contributed by atoms with E-state index in [0.717, 1.165) is 5.69 Å². The van der Waals surface area contributed by atoms with Gasteiger partial charge in [0.1, 0.15) is 12.4 Å². The summed E-state index contributed by atoms with van der Waals surface area (Å²) < 4.78 is 23.2. The van der Waals surface area contributed by atoms with Crippen molar-refractivity contribution in [2.45, 2.75) is 6.54 Å². The van der Waals surface area contributed by atoms with Crippen LogP contribution >= 0.6 is 0 Å². The second kappa shape index (κ2) is 9.36. The Morgan fingerprint density at radius 3 is 2.67 bits per heavy atom. The molecule has 2 aromatic rings. The number of nitrogens with zero attached hydrogens (tertiary/aromatic N) is 2. The summed E-state index contributed by atoms with van der Waals surface area (Å²) in [5.74, 6) is -0.848. The fourth-order valence-corrected chi connectivity index (χ4v) is 1.76. The molecule has 1 N–H and O–H groups in total. The molecule has 2 rings (SSSR count). The first-order valence-corrected chi connectivity index (χ1v) is 7.32. The van der Waals surface area contributed by atoms with Crippen LogP contribution in [0.3, 0.4) is 0 Å². The third-order valence-electron chi connectivity index (χ3n) is 2.96. The highest BCUT2D eigenvalue weighted by molar-refractivity contribution is 6.04. The van der Waals surface area contributed by atoms with E-state index in [1.807, 2.05) is 12.1 Å². The Kier molecular flexibility index (Phi) is 6.85. The molecule has 0 spiro atoms. The minimum Gasteiger partial charge on any atom is -0.463 e. The minimum atomic E-state index is -0.438. The fourth-order valence-electron chi connectivity index (χ4n) is 1.76. The normalized spacial score (nSPS) is 11.2. The Balaban J connectivity index is 2.04. The van der Waals surface area contributed by atoms with Gasteiger partial charge in [-0.25, -0.2) is 9.38 Å². The Morgan fingerprint density at radius 2 is 2.00 bits per heavy atom. The highest BCUT2D eigenvalue weighted by Gasteiger charge is 2.10. The van der Waals surface area contributed by atoms with Gasteiger partial charge in [0.05, 0.1) is 18.8 Å².